The topological polar surface area (TPSA) is 121 Å². The van der Waals surface area contributed by atoms with Gasteiger partial charge in [-0.05, 0) is 49.9 Å². The van der Waals surface area contributed by atoms with Crippen LogP contribution in [0.25, 0.3) is 33.0 Å². The van der Waals surface area contributed by atoms with E-state index >= 15 is 0 Å². The molecule has 12 heteroatoms. The van der Waals surface area contributed by atoms with E-state index < -0.39 is 29.3 Å². The van der Waals surface area contributed by atoms with Crippen molar-refractivity contribution in [3.05, 3.63) is 51.6 Å². The van der Waals surface area contributed by atoms with E-state index in [0.717, 1.165) is 19.4 Å². The maximum atomic E-state index is 14.9. The van der Waals surface area contributed by atoms with Gasteiger partial charge in [0.25, 0.3) is 0 Å². The third-order valence-corrected chi connectivity index (χ3v) is 9.18. The molecule has 3 atom stereocenters. The van der Waals surface area contributed by atoms with Crippen LogP contribution in [0.15, 0.2) is 33.5 Å². The van der Waals surface area contributed by atoms with E-state index in [2.05, 4.69) is 20.8 Å². The number of ether oxygens (including phenoxy) is 2. The van der Waals surface area contributed by atoms with E-state index in [1.165, 1.54) is 24.3 Å². The van der Waals surface area contributed by atoms with Crippen molar-refractivity contribution < 1.29 is 32.9 Å². The molecular weight excluding hydrogens is 586 g/mol. The van der Waals surface area contributed by atoms with Crippen molar-refractivity contribution >= 4 is 27.5 Å². The molecule has 0 radical (unpaired) electrons. The number of fused-ring (bicyclic) bond motifs is 3. The van der Waals surface area contributed by atoms with Crippen molar-refractivity contribution in [2.24, 2.45) is 0 Å². The van der Waals surface area contributed by atoms with Gasteiger partial charge >= 0.3 is 11.6 Å². The first-order valence-corrected chi connectivity index (χ1v) is 15.0. The van der Waals surface area contributed by atoms with Gasteiger partial charge in [-0.25, -0.2) is 13.6 Å². The molecule has 0 unspecified atom stereocenters. The van der Waals surface area contributed by atoms with Gasteiger partial charge in [-0.1, -0.05) is 12.0 Å². The number of terminal acetylenes is 1. The van der Waals surface area contributed by atoms with E-state index in [0.29, 0.717) is 35.8 Å². The van der Waals surface area contributed by atoms with E-state index in [1.807, 2.05) is 0 Å². The van der Waals surface area contributed by atoms with Gasteiger partial charge in [0.1, 0.15) is 35.5 Å². The van der Waals surface area contributed by atoms with Gasteiger partial charge in [0.15, 0.2) is 5.82 Å². The minimum atomic E-state index is -0.940. The van der Waals surface area contributed by atoms with Crippen LogP contribution in [-0.2, 0) is 4.74 Å². The molecular formula is C33H32F2N4O6. The molecule has 5 heterocycles. The highest BCUT2D eigenvalue weighted by Gasteiger charge is 2.49. The van der Waals surface area contributed by atoms with Gasteiger partial charge in [0, 0.05) is 42.6 Å². The Balaban J connectivity index is 1.42. The number of hydrogen-bond donors (Lipinski definition) is 2. The number of β-amino-alcohol motifs (C(OH)–C–C–N with tert-alkyl or cyclic N) is 1. The third-order valence-electron chi connectivity index (χ3n) is 9.18. The number of phenols is 1. The maximum absolute atomic E-state index is 14.9. The van der Waals surface area contributed by atoms with E-state index in [1.54, 1.807) is 11.8 Å². The summed E-state index contributed by atoms with van der Waals surface area (Å²) >= 11 is 0. The summed E-state index contributed by atoms with van der Waals surface area (Å²) in [6.45, 7) is 3.88. The first kappa shape index (κ1) is 29.4. The second-order valence-corrected chi connectivity index (χ2v) is 12.1. The lowest BCUT2D eigenvalue weighted by atomic mass is 9.95. The second-order valence-electron chi connectivity index (χ2n) is 12.1. The second kappa shape index (κ2) is 11.2. The van der Waals surface area contributed by atoms with Gasteiger partial charge in [-0.3, -0.25) is 4.90 Å². The van der Waals surface area contributed by atoms with E-state index in [4.69, 9.17) is 20.3 Å². The Morgan fingerprint density at radius 1 is 1.22 bits per heavy atom. The monoisotopic (exact) mass is 618 g/mol. The summed E-state index contributed by atoms with van der Waals surface area (Å²) in [5, 5.41) is 21.9. The van der Waals surface area contributed by atoms with Crippen molar-refractivity contribution in [3.63, 3.8) is 0 Å². The fourth-order valence-electron chi connectivity index (χ4n) is 7.14. The van der Waals surface area contributed by atoms with Crippen molar-refractivity contribution in [2.45, 2.75) is 44.0 Å². The van der Waals surface area contributed by atoms with Crippen LogP contribution in [-0.4, -0.2) is 88.9 Å². The number of aromatic hydroxyl groups is 1. The van der Waals surface area contributed by atoms with Gasteiger partial charge < -0.3 is 29.0 Å². The molecule has 2 aromatic carbocycles. The predicted molar refractivity (Wildman–Crippen MR) is 163 cm³/mol. The summed E-state index contributed by atoms with van der Waals surface area (Å²) in [6.07, 6.45) is 5.99. The predicted octanol–water partition coefficient (Wildman–Crippen LogP) is 3.69. The number of benzene rings is 2. The molecule has 0 amide bonds. The van der Waals surface area contributed by atoms with Crippen molar-refractivity contribution in [3.8, 4) is 35.4 Å². The summed E-state index contributed by atoms with van der Waals surface area (Å²) in [7, 11) is 0. The fraction of sp³-hybridized carbons (Fsp3) is 0.424. The molecule has 10 nitrogen and oxygen atoms in total. The average Bonchev–Trinajstić information content (AvgIpc) is 3.44. The van der Waals surface area contributed by atoms with Crippen LogP contribution >= 0.6 is 0 Å². The molecule has 3 aliphatic rings. The third kappa shape index (κ3) is 5.05. The number of nitrogens with zero attached hydrogens (tertiary/aromatic N) is 4. The SMILES string of the molecule is C#Cc1c(F)ccc2cc(O)cc(-c3oc(=O)c4c(N5CCOC[C@@H](O)C5)nc(OC[C@@]56CCCN5C[C@H](F)C6)nc4c3C)c12. The molecule has 2 aromatic heterocycles. The number of aliphatic hydroxyl groups excluding tert-OH is 1. The zero-order valence-corrected chi connectivity index (χ0v) is 24.7. The minimum Gasteiger partial charge on any atom is -0.508 e. The molecule has 7 rings (SSSR count). The number of phenolic OH excluding ortho intramolecular Hbond substituents is 1. The van der Waals surface area contributed by atoms with Crippen molar-refractivity contribution in [2.75, 3.05) is 50.9 Å². The van der Waals surface area contributed by atoms with Crippen LogP contribution in [0.1, 0.15) is 30.4 Å². The highest BCUT2D eigenvalue weighted by atomic mass is 19.1. The zero-order chi connectivity index (χ0) is 31.5. The first-order valence-electron chi connectivity index (χ1n) is 15.0. The molecule has 4 aromatic rings. The molecule has 234 valence electrons. The van der Waals surface area contributed by atoms with Crippen LogP contribution in [0.3, 0.4) is 0 Å². The molecule has 45 heavy (non-hydrogen) atoms. The van der Waals surface area contributed by atoms with Crippen LogP contribution in [0.2, 0.25) is 0 Å². The molecule has 0 bridgehead atoms. The Labute approximate surface area is 257 Å². The van der Waals surface area contributed by atoms with Crippen LogP contribution in [0.5, 0.6) is 11.8 Å². The molecule has 3 saturated heterocycles. The standard InChI is InChI=1S/C33H32F2N4O6/c1-3-23-25(35)6-5-19-11-21(40)12-24(26(19)23)29-18(2)28-27(31(42)45-29)30(38-9-10-43-16-22(41)15-38)37-32(36-28)44-17-33-7-4-8-39(33)14-20(34)13-33/h1,5-6,11-12,20,22,40-41H,4,7-10,13-17H2,2H3/t20-,22+,33+/m1/s1. The molecule has 3 aliphatic heterocycles. The lowest BCUT2D eigenvalue weighted by Crippen LogP contribution is -2.43. The molecule has 3 fully saturated rings. The lowest BCUT2D eigenvalue weighted by molar-refractivity contribution is 0.0597. The minimum absolute atomic E-state index is 0.0172. The van der Waals surface area contributed by atoms with Gasteiger partial charge in [-0.2, -0.15) is 9.97 Å². The first-order chi connectivity index (χ1) is 21.7. The van der Waals surface area contributed by atoms with Crippen molar-refractivity contribution in [1.82, 2.24) is 14.9 Å². The lowest BCUT2D eigenvalue weighted by Gasteiger charge is -2.31. The molecule has 0 saturated carbocycles. The Kier molecular flexibility index (Phi) is 7.35. The van der Waals surface area contributed by atoms with Crippen LogP contribution in [0, 0.1) is 25.1 Å². The normalized spacial score (nSPS) is 23.8. The maximum Gasteiger partial charge on any atom is 0.349 e. The Bertz CT molecular complexity index is 1930. The number of anilines is 1. The van der Waals surface area contributed by atoms with Crippen molar-refractivity contribution in [1.29, 1.82) is 0 Å². The zero-order valence-electron chi connectivity index (χ0n) is 24.7. The summed E-state index contributed by atoms with van der Waals surface area (Å²) < 4.78 is 46.9. The number of hydrogen-bond acceptors (Lipinski definition) is 10. The van der Waals surface area contributed by atoms with Crippen LogP contribution < -0.4 is 15.3 Å². The summed E-state index contributed by atoms with van der Waals surface area (Å²) in [5.74, 6) is 1.85. The molecule has 0 aliphatic carbocycles. The quantitative estimate of drug-likeness (QED) is 0.321. The van der Waals surface area contributed by atoms with E-state index in [9.17, 15) is 23.8 Å². The van der Waals surface area contributed by atoms with E-state index in [-0.39, 0.29) is 71.7 Å². The number of rotatable bonds is 5. The van der Waals surface area contributed by atoms with Gasteiger partial charge in [-0.15, -0.1) is 6.42 Å². The van der Waals surface area contributed by atoms with Crippen LogP contribution in [0.4, 0.5) is 14.6 Å². The molecule has 2 N–H and O–H groups in total. The Morgan fingerprint density at radius 3 is 2.89 bits per heavy atom. The highest BCUT2D eigenvalue weighted by molar-refractivity contribution is 6.03. The van der Waals surface area contributed by atoms with Gasteiger partial charge in [0.05, 0.1) is 35.9 Å². The largest absolute Gasteiger partial charge is 0.508 e. The molecule has 0 spiro atoms. The number of aryl methyl sites for hydroxylation is 1. The number of aromatic nitrogens is 2. The van der Waals surface area contributed by atoms with Gasteiger partial charge in [0.2, 0.25) is 0 Å². The fourth-order valence-corrected chi connectivity index (χ4v) is 7.14. The Morgan fingerprint density at radius 2 is 2.07 bits per heavy atom. The number of halogens is 2. The highest BCUT2D eigenvalue weighted by Crippen LogP contribution is 2.42. The average molecular weight is 619 g/mol. The summed E-state index contributed by atoms with van der Waals surface area (Å²) in [6, 6.07) is 5.49. The summed E-state index contributed by atoms with van der Waals surface area (Å²) in [4.78, 5) is 27.0. The number of alkyl halides is 1. The number of aliphatic hydroxyl groups is 1. The Hall–Kier alpha value is -4.31. The smallest absolute Gasteiger partial charge is 0.349 e. The summed E-state index contributed by atoms with van der Waals surface area (Å²) in [5.41, 5.74) is -0.454.